The van der Waals surface area contributed by atoms with Crippen molar-refractivity contribution >= 4 is 23.2 Å². The molecule has 2 amide bonds. The van der Waals surface area contributed by atoms with Crippen LogP contribution in [0.4, 0.5) is 11.4 Å². The number of carbonyl (C=O) groups excluding carboxylic acids is 2. The Morgan fingerprint density at radius 1 is 1.22 bits per heavy atom. The van der Waals surface area contributed by atoms with Crippen molar-refractivity contribution in [3.63, 3.8) is 0 Å². The molecule has 0 saturated carbocycles. The fourth-order valence-electron chi connectivity index (χ4n) is 3.29. The zero-order valence-corrected chi connectivity index (χ0v) is 14.9. The molecule has 4 rings (SSSR count). The molecule has 1 atom stereocenters. The minimum absolute atomic E-state index is 0.0898. The second-order valence-electron chi connectivity index (χ2n) is 6.36. The monoisotopic (exact) mass is 368 g/mol. The average Bonchev–Trinajstić information content (AvgIpc) is 3.28. The summed E-state index contributed by atoms with van der Waals surface area (Å²) in [4.78, 5) is 26.8. The van der Waals surface area contributed by atoms with Crippen molar-refractivity contribution in [2.24, 2.45) is 5.92 Å². The summed E-state index contributed by atoms with van der Waals surface area (Å²) in [6, 6.07) is 12.6. The van der Waals surface area contributed by atoms with Crippen LogP contribution in [0.2, 0.25) is 0 Å². The zero-order chi connectivity index (χ0) is 18.8. The van der Waals surface area contributed by atoms with Gasteiger partial charge in [0.1, 0.15) is 5.75 Å². The van der Waals surface area contributed by atoms with Gasteiger partial charge in [-0.05, 0) is 31.2 Å². The van der Waals surface area contributed by atoms with Gasteiger partial charge in [-0.25, -0.2) is 0 Å². The Labute approximate surface area is 156 Å². The van der Waals surface area contributed by atoms with Crippen LogP contribution < -0.4 is 24.4 Å². The number of benzene rings is 2. The Hall–Kier alpha value is -3.22. The van der Waals surface area contributed by atoms with Gasteiger partial charge in [0.2, 0.25) is 18.6 Å². The summed E-state index contributed by atoms with van der Waals surface area (Å²) in [6.07, 6.45) is 0.164. The molecule has 2 aliphatic heterocycles. The molecule has 0 unspecified atom stereocenters. The molecule has 0 spiro atoms. The van der Waals surface area contributed by atoms with E-state index in [-0.39, 0.29) is 25.0 Å². The van der Waals surface area contributed by atoms with Gasteiger partial charge < -0.3 is 24.4 Å². The fourth-order valence-corrected chi connectivity index (χ4v) is 3.29. The van der Waals surface area contributed by atoms with Gasteiger partial charge >= 0.3 is 0 Å². The smallest absolute Gasteiger partial charge is 0.231 e. The van der Waals surface area contributed by atoms with Crippen molar-refractivity contribution in [2.75, 3.05) is 30.2 Å². The third-order valence-corrected chi connectivity index (χ3v) is 4.59. The van der Waals surface area contributed by atoms with Crippen LogP contribution in [0, 0.1) is 5.92 Å². The second kappa shape index (κ2) is 7.19. The predicted octanol–water partition coefficient (Wildman–Crippen LogP) is 2.81. The molecule has 7 heteroatoms. The summed E-state index contributed by atoms with van der Waals surface area (Å²) < 4.78 is 16.2. The van der Waals surface area contributed by atoms with Crippen molar-refractivity contribution in [3.05, 3.63) is 42.5 Å². The molecule has 2 heterocycles. The molecule has 7 nitrogen and oxygen atoms in total. The topological polar surface area (TPSA) is 77.1 Å². The maximum Gasteiger partial charge on any atom is 0.231 e. The van der Waals surface area contributed by atoms with E-state index in [1.54, 1.807) is 23.1 Å². The lowest BCUT2D eigenvalue weighted by molar-refractivity contribution is -0.122. The number of amides is 2. The minimum Gasteiger partial charge on any atom is -0.492 e. The van der Waals surface area contributed by atoms with Gasteiger partial charge in [0.15, 0.2) is 11.5 Å². The number of para-hydroxylation sites is 2. The Bertz CT molecular complexity index is 882. The van der Waals surface area contributed by atoms with Crippen molar-refractivity contribution in [2.45, 2.75) is 13.3 Å². The van der Waals surface area contributed by atoms with Crippen LogP contribution in [0.3, 0.4) is 0 Å². The molecule has 1 N–H and O–H groups in total. The summed E-state index contributed by atoms with van der Waals surface area (Å²) in [5.74, 6) is 1.18. The number of hydrogen-bond donors (Lipinski definition) is 1. The van der Waals surface area contributed by atoms with Gasteiger partial charge in [0.25, 0.3) is 0 Å². The van der Waals surface area contributed by atoms with E-state index in [9.17, 15) is 9.59 Å². The van der Waals surface area contributed by atoms with Gasteiger partial charge in [-0.1, -0.05) is 12.1 Å². The molecular weight excluding hydrogens is 348 g/mol. The van der Waals surface area contributed by atoms with E-state index in [1.165, 1.54) is 0 Å². The maximum atomic E-state index is 12.7. The first kappa shape index (κ1) is 17.2. The number of ether oxygens (including phenoxy) is 3. The number of nitrogens with zero attached hydrogens (tertiary/aromatic N) is 1. The molecule has 0 bridgehead atoms. The highest BCUT2D eigenvalue weighted by atomic mass is 16.7. The Balaban J connectivity index is 1.47. The normalized spacial score (nSPS) is 17.9. The molecule has 2 aliphatic rings. The molecule has 2 aromatic carbocycles. The molecule has 1 fully saturated rings. The largest absolute Gasteiger partial charge is 0.492 e. The minimum atomic E-state index is -0.433. The SMILES string of the molecule is CCOc1ccccc1N1C[C@H](C(=O)Nc2ccc3c(c2)OCO3)CC1=O. The van der Waals surface area contributed by atoms with E-state index < -0.39 is 5.92 Å². The number of carbonyl (C=O) groups is 2. The maximum absolute atomic E-state index is 12.7. The number of rotatable bonds is 5. The predicted molar refractivity (Wildman–Crippen MR) is 99.3 cm³/mol. The highest BCUT2D eigenvalue weighted by molar-refractivity contribution is 6.04. The number of fused-ring (bicyclic) bond motifs is 1. The Morgan fingerprint density at radius 3 is 2.89 bits per heavy atom. The first-order chi connectivity index (χ1) is 13.2. The Morgan fingerprint density at radius 2 is 2.04 bits per heavy atom. The quantitative estimate of drug-likeness (QED) is 0.878. The van der Waals surface area contributed by atoms with E-state index >= 15 is 0 Å². The summed E-state index contributed by atoms with van der Waals surface area (Å²) in [5.41, 5.74) is 1.31. The van der Waals surface area contributed by atoms with Crippen molar-refractivity contribution in [1.82, 2.24) is 0 Å². The van der Waals surface area contributed by atoms with Crippen molar-refractivity contribution < 1.29 is 23.8 Å². The van der Waals surface area contributed by atoms with E-state index in [2.05, 4.69) is 5.32 Å². The van der Waals surface area contributed by atoms with Crippen LogP contribution in [0.5, 0.6) is 17.2 Å². The van der Waals surface area contributed by atoms with Crippen LogP contribution in [-0.4, -0.2) is 31.8 Å². The average molecular weight is 368 g/mol. The van der Waals surface area contributed by atoms with Crippen LogP contribution in [-0.2, 0) is 9.59 Å². The summed E-state index contributed by atoms with van der Waals surface area (Å²) >= 11 is 0. The fraction of sp³-hybridized carbons (Fsp3) is 0.300. The highest BCUT2D eigenvalue weighted by Gasteiger charge is 2.36. The molecule has 0 radical (unpaired) electrons. The van der Waals surface area contributed by atoms with E-state index in [1.807, 2.05) is 31.2 Å². The highest BCUT2D eigenvalue weighted by Crippen LogP contribution is 2.36. The molecule has 2 aromatic rings. The number of hydrogen-bond acceptors (Lipinski definition) is 5. The van der Waals surface area contributed by atoms with Crippen LogP contribution in [0.25, 0.3) is 0 Å². The molecule has 140 valence electrons. The van der Waals surface area contributed by atoms with Gasteiger partial charge in [0, 0.05) is 24.7 Å². The standard InChI is InChI=1S/C20H20N2O5/c1-2-25-16-6-4-3-5-15(16)22-11-13(9-19(22)23)20(24)21-14-7-8-17-18(10-14)27-12-26-17/h3-8,10,13H,2,9,11-12H2,1H3,(H,21,24)/t13-/m1/s1. The van der Waals surface area contributed by atoms with E-state index in [0.29, 0.717) is 41.8 Å². The summed E-state index contributed by atoms with van der Waals surface area (Å²) in [5, 5.41) is 2.86. The van der Waals surface area contributed by atoms with Crippen LogP contribution in [0.1, 0.15) is 13.3 Å². The van der Waals surface area contributed by atoms with E-state index in [0.717, 1.165) is 0 Å². The van der Waals surface area contributed by atoms with Crippen LogP contribution >= 0.6 is 0 Å². The first-order valence-corrected chi connectivity index (χ1v) is 8.88. The molecule has 1 saturated heterocycles. The van der Waals surface area contributed by atoms with Crippen molar-refractivity contribution in [1.29, 1.82) is 0 Å². The summed E-state index contributed by atoms with van der Waals surface area (Å²) in [7, 11) is 0. The first-order valence-electron chi connectivity index (χ1n) is 8.88. The lowest BCUT2D eigenvalue weighted by Crippen LogP contribution is -2.28. The second-order valence-corrected chi connectivity index (χ2v) is 6.36. The van der Waals surface area contributed by atoms with Crippen molar-refractivity contribution in [3.8, 4) is 17.2 Å². The molecule has 27 heavy (non-hydrogen) atoms. The Kier molecular flexibility index (Phi) is 4.58. The number of anilines is 2. The summed E-state index contributed by atoms with van der Waals surface area (Å²) in [6.45, 7) is 2.90. The molecular formula is C20H20N2O5. The van der Waals surface area contributed by atoms with Crippen LogP contribution in [0.15, 0.2) is 42.5 Å². The van der Waals surface area contributed by atoms with Gasteiger partial charge in [-0.15, -0.1) is 0 Å². The lowest BCUT2D eigenvalue weighted by Gasteiger charge is -2.20. The third-order valence-electron chi connectivity index (χ3n) is 4.59. The lowest BCUT2D eigenvalue weighted by atomic mass is 10.1. The third kappa shape index (κ3) is 3.40. The zero-order valence-electron chi connectivity index (χ0n) is 14.9. The number of nitrogens with one attached hydrogen (secondary N) is 1. The molecule has 0 aliphatic carbocycles. The van der Waals surface area contributed by atoms with Gasteiger partial charge in [-0.3, -0.25) is 9.59 Å². The van der Waals surface area contributed by atoms with Gasteiger partial charge in [0.05, 0.1) is 18.2 Å². The van der Waals surface area contributed by atoms with Gasteiger partial charge in [-0.2, -0.15) is 0 Å². The molecule has 0 aromatic heterocycles. The van der Waals surface area contributed by atoms with E-state index in [4.69, 9.17) is 14.2 Å².